The van der Waals surface area contributed by atoms with Crippen molar-refractivity contribution in [3.8, 4) is 0 Å². The summed E-state index contributed by atoms with van der Waals surface area (Å²) in [4.78, 5) is 2.37. The fourth-order valence-corrected chi connectivity index (χ4v) is 2.16. The van der Waals surface area contributed by atoms with Gasteiger partial charge in [0.15, 0.2) is 0 Å². The van der Waals surface area contributed by atoms with Gasteiger partial charge in [-0.2, -0.15) is 0 Å². The molecule has 1 atom stereocenters. The SMILES string of the molecule is C=C(Cl)CN(CC)CC1CCCNC1. The average Bonchev–Trinajstić information content (AvgIpc) is 2.17. The van der Waals surface area contributed by atoms with Gasteiger partial charge in [0.25, 0.3) is 0 Å². The Balaban J connectivity index is 2.27. The lowest BCUT2D eigenvalue weighted by atomic mass is 9.99. The lowest BCUT2D eigenvalue weighted by molar-refractivity contribution is 0.232. The van der Waals surface area contributed by atoms with Crippen molar-refractivity contribution in [2.75, 3.05) is 32.7 Å². The molecule has 1 aliphatic rings. The Morgan fingerprint density at radius 1 is 1.64 bits per heavy atom. The van der Waals surface area contributed by atoms with Crippen LogP contribution in [0.1, 0.15) is 19.8 Å². The molecule has 0 aromatic heterocycles. The molecule has 14 heavy (non-hydrogen) atoms. The lowest BCUT2D eigenvalue weighted by Gasteiger charge is -2.29. The van der Waals surface area contributed by atoms with Crippen LogP contribution in [-0.4, -0.2) is 37.6 Å². The first-order chi connectivity index (χ1) is 6.72. The summed E-state index contributed by atoms with van der Waals surface area (Å²) in [6, 6.07) is 0. The zero-order valence-corrected chi connectivity index (χ0v) is 9.82. The average molecular weight is 217 g/mol. The molecule has 1 rings (SSSR count). The van der Waals surface area contributed by atoms with E-state index >= 15 is 0 Å². The summed E-state index contributed by atoms with van der Waals surface area (Å²) in [5.41, 5.74) is 0. The van der Waals surface area contributed by atoms with Crippen LogP contribution >= 0.6 is 11.6 Å². The number of nitrogens with zero attached hydrogens (tertiary/aromatic N) is 1. The molecule has 1 aliphatic heterocycles. The molecule has 0 aliphatic carbocycles. The molecule has 1 unspecified atom stereocenters. The molecule has 0 aromatic rings. The number of piperidine rings is 1. The van der Waals surface area contributed by atoms with Gasteiger partial charge in [-0.15, -0.1) is 0 Å². The molecular formula is C11H21ClN2. The van der Waals surface area contributed by atoms with Crippen LogP contribution in [0.5, 0.6) is 0 Å². The van der Waals surface area contributed by atoms with Gasteiger partial charge < -0.3 is 5.32 Å². The minimum atomic E-state index is 0.746. The first-order valence-electron chi connectivity index (χ1n) is 5.48. The summed E-state index contributed by atoms with van der Waals surface area (Å²) >= 11 is 5.82. The standard InChI is InChI=1S/C11H21ClN2/c1-3-14(8-10(2)12)9-11-5-4-6-13-7-11/h11,13H,2-9H2,1H3. The first kappa shape index (κ1) is 12.0. The van der Waals surface area contributed by atoms with Gasteiger partial charge in [-0.3, -0.25) is 4.90 Å². The molecule has 0 bridgehead atoms. The van der Waals surface area contributed by atoms with Crippen molar-refractivity contribution in [3.05, 3.63) is 11.6 Å². The van der Waals surface area contributed by atoms with Gasteiger partial charge >= 0.3 is 0 Å². The summed E-state index contributed by atoms with van der Waals surface area (Å²) in [5.74, 6) is 0.791. The molecule has 2 nitrogen and oxygen atoms in total. The van der Waals surface area contributed by atoms with Gasteiger partial charge in [0, 0.05) is 18.1 Å². The predicted octanol–water partition coefficient (Wildman–Crippen LogP) is 2.06. The van der Waals surface area contributed by atoms with E-state index in [2.05, 4.69) is 23.7 Å². The van der Waals surface area contributed by atoms with Gasteiger partial charge in [-0.05, 0) is 38.4 Å². The van der Waals surface area contributed by atoms with Crippen LogP contribution in [0.2, 0.25) is 0 Å². The van der Waals surface area contributed by atoms with Crippen molar-refractivity contribution in [2.24, 2.45) is 5.92 Å². The van der Waals surface area contributed by atoms with Crippen LogP contribution in [0.15, 0.2) is 11.6 Å². The van der Waals surface area contributed by atoms with Gasteiger partial charge in [-0.1, -0.05) is 25.1 Å². The molecular weight excluding hydrogens is 196 g/mol. The number of nitrogens with one attached hydrogen (secondary N) is 1. The molecule has 0 amide bonds. The third-order valence-electron chi connectivity index (χ3n) is 2.76. The normalized spacial score (nSPS) is 22.6. The second-order valence-electron chi connectivity index (χ2n) is 4.06. The van der Waals surface area contributed by atoms with Crippen LogP contribution in [-0.2, 0) is 0 Å². The maximum absolute atomic E-state index is 5.82. The van der Waals surface area contributed by atoms with Crippen molar-refractivity contribution >= 4 is 11.6 Å². The van der Waals surface area contributed by atoms with E-state index in [0.717, 1.165) is 37.1 Å². The number of likely N-dealkylation sites (N-methyl/N-ethyl adjacent to an activating group) is 1. The fourth-order valence-electron chi connectivity index (χ4n) is 1.99. The number of halogens is 1. The van der Waals surface area contributed by atoms with Crippen LogP contribution < -0.4 is 5.32 Å². The summed E-state index contributed by atoms with van der Waals surface area (Å²) in [6.07, 6.45) is 2.66. The molecule has 0 radical (unpaired) electrons. The Labute approximate surface area is 92.3 Å². The minimum absolute atomic E-state index is 0.746. The van der Waals surface area contributed by atoms with E-state index in [9.17, 15) is 0 Å². The number of hydrogen-bond donors (Lipinski definition) is 1. The van der Waals surface area contributed by atoms with E-state index in [-0.39, 0.29) is 0 Å². The molecule has 1 N–H and O–H groups in total. The second kappa shape index (κ2) is 6.44. The zero-order valence-electron chi connectivity index (χ0n) is 9.06. The maximum atomic E-state index is 5.82. The van der Waals surface area contributed by atoms with Crippen LogP contribution in [0.25, 0.3) is 0 Å². The predicted molar refractivity (Wildman–Crippen MR) is 62.7 cm³/mol. The molecule has 3 heteroatoms. The van der Waals surface area contributed by atoms with Crippen LogP contribution in [0, 0.1) is 5.92 Å². The molecule has 1 heterocycles. The largest absolute Gasteiger partial charge is 0.316 e. The van der Waals surface area contributed by atoms with Crippen LogP contribution in [0.4, 0.5) is 0 Å². The lowest BCUT2D eigenvalue weighted by Crippen LogP contribution is -2.38. The van der Waals surface area contributed by atoms with E-state index in [1.807, 2.05) is 0 Å². The first-order valence-corrected chi connectivity index (χ1v) is 5.86. The molecule has 82 valence electrons. The Morgan fingerprint density at radius 3 is 2.93 bits per heavy atom. The van der Waals surface area contributed by atoms with Crippen molar-refractivity contribution in [1.29, 1.82) is 0 Å². The van der Waals surface area contributed by atoms with E-state index in [1.54, 1.807) is 0 Å². The van der Waals surface area contributed by atoms with Crippen molar-refractivity contribution in [3.63, 3.8) is 0 Å². The van der Waals surface area contributed by atoms with Crippen LogP contribution in [0.3, 0.4) is 0 Å². The van der Waals surface area contributed by atoms with Crippen molar-refractivity contribution < 1.29 is 0 Å². The third kappa shape index (κ3) is 4.45. The minimum Gasteiger partial charge on any atom is -0.316 e. The van der Waals surface area contributed by atoms with Gasteiger partial charge in [0.2, 0.25) is 0 Å². The Hall–Kier alpha value is -0.0500. The van der Waals surface area contributed by atoms with Gasteiger partial charge in [0.1, 0.15) is 0 Å². The monoisotopic (exact) mass is 216 g/mol. The molecule has 0 aromatic carbocycles. The van der Waals surface area contributed by atoms with E-state index in [1.165, 1.54) is 19.4 Å². The highest BCUT2D eigenvalue weighted by molar-refractivity contribution is 6.29. The smallest absolute Gasteiger partial charge is 0.0335 e. The third-order valence-corrected chi connectivity index (χ3v) is 2.88. The number of hydrogen-bond acceptors (Lipinski definition) is 2. The topological polar surface area (TPSA) is 15.3 Å². The van der Waals surface area contributed by atoms with Gasteiger partial charge in [-0.25, -0.2) is 0 Å². The fraction of sp³-hybridized carbons (Fsp3) is 0.818. The summed E-state index contributed by atoms with van der Waals surface area (Å²) in [6.45, 7) is 11.3. The maximum Gasteiger partial charge on any atom is 0.0335 e. The van der Waals surface area contributed by atoms with Crippen molar-refractivity contribution in [2.45, 2.75) is 19.8 Å². The second-order valence-corrected chi connectivity index (χ2v) is 4.59. The molecule has 1 saturated heterocycles. The highest BCUT2D eigenvalue weighted by Crippen LogP contribution is 2.12. The highest BCUT2D eigenvalue weighted by atomic mass is 35.5. The van der Waals surface area contributed by atoms with E-state index in [4.69, 9.17) is 11.6 Å². The quantitative estimate of drug-likeness (QED) is 0.757. The van der Waals surface area contributed by atoms with Gasteiger partial charge in [0.05, 0.1) is 0 Å². The Bertz CT molecular complexity index is 176. The Morgan fingerprint density at radius 2 is 2.43 bits per heavy atom. The highest BCUT2D eigenvalue weighted by Gasteiger charge is 2.15. The van der Waals surface area contributed by atoms with E-state index in [0.29, 0.717) is 0 Å². The summed E-state index contributed by atoms with van der Waals surface area (Å²) in [7, 11) is 0. The molecule has 0 saturated carbocycles. The Kier molecular flexibility index (Phi) is 5.53. The number of rotatable bonds is 5. The van der Waals surface area contributed by atoms with Crippen molar-refractivity contribution in [1.82, 2.24) is 10.2 Å². The molecule has 0 spiro atoms. The zero-order chi connectivity index (χ0) is 10.4. The van der Waals surface area contributed by atoms with E-state index < -0.39 is 0 Å². The summed E-state index contributed by atoms with van der Waals surface area (Å²) in [5, 5.41) is 4.18. The molecule has 1 fully saturated rings. The summed E-state index contributed by atoms with van der Waals surface area (Å²) < 4.78 is 0.